The van der Waals surface area contributed by atoms with Gasteiger partial charge in [0.25, 0.3) is 0 Å². The second kappa shape index (κ2) is 5.96. The van der Waals surface area contributed by atoms with E-state index in [9.17, 15) is 0 Å². The van der Waals surface area contributed by atoms with E-state index in [1.807, 2.05) is 42.6 Å². The average Bonchev–Trinajstić information content (AvgIpc) is 3.09. The molecule has 4 aromatic rings. The molecule has 0 aliphatic carbocycles. The summed E-state index contributed by atoms with van der Waals surface area (Å²) < 4.78 is 0. The first-order valence-corrected chi connectivity index (χ1v) is 7.49. The van der Waals surface area contributed by atoms with Gasteiger partial charge in [-0.2, -0.15) is 0 Å². The number of H-pyrrole nitrogens is 1. The topological polar surface area (TPSA) is 105 Å². The van der Waals surface area contributed by atoms with E-state index in [-0.39, 0.29) is 0 Å². The molecule has 0 amide bonds. The number of aromatic amines is 1. The summed E-state index contributed by atoms with van der Waals surface area (Å²) in [6.07, 6.45) is 5.17. The Hall–Kier alpha value is -3.48. The number of fused-ring (bicyclic) bond motifs is 1. The minimum Gasteiger partial charge on any atom is -0.399 e. The molecule has 3 aromatic heterocycles. The number of anilines is 2. The normalized spacial score (nSPS) is 10.8. The zero-order valence-electron chi connectivity index (χ0n) is 12.8. The highest BCUT2D eigenvalue weighted by molar-refractivity contribution is 5.84. The summed E-state index contributed by atoms with van der Waals surface area (Å²) in [6.45, 7) is 0.606. The predicted molar refractivity (Wildman–Crippen MR) is 93.1 cm³/mol. The Morgan fingerprint density at radius 1 is 1.12 bits per heavy atom. The molecule has 4 rings (SSSR count). The van der Waals surface area contributed by atoms with Gasteiger partial charge in [0.05, 0.1) is 6.33 Å². The Morgan fingerprint density at radius 3 is 2.92 bits per heavy atom. The van der Waals surface area contributed by atoms with Crippen LogP contribution in [0.15, 0.2) is 55.1 Å². The van der Waals surface area contributed by atoms with Crippen molar-refractivity contribution in [3.63, 3.8) is 0 Å². The van der Waals surface area contributed by atoms with Crippen molar-refractivity contribution in [3.8, 4) is 11.4 Å². The number of hydrogen-bond acceptors (Lipinski definition) is 6. The fraction of sp³-hybridized carbons (Fsp3) is 0.0588. The van der Waals surface area contributed by atoms with Crippen molar-refractivity contribution in [2.24, 2.45) is 0 Å². The minimum atomic E-state index is 0.579. The summed E-state index contributed by atoms with van der Waals surface area (Å²) in [5.74, 6) is 1.27. The molecule has 24 heavy (non-hydrogen) atoms. The van der Waals surface area contributed by atoms with Crippen molar-refractivity contribution in [1.82, 2.24) is 24.9 Å². The highest BCUT2D eigenvalue weighted by atomic mass is 15.1. The maximum Gasteiger partial charge on any atom is 0.183 e. The van der Waals surface area contributed by atoms with Crippen LogP contribution in [0.2, 0.25) is 0 Å². The number of aromatic nitrogens is 5. The third-order valence-corrected chi connectivity index (χ3v) is 3.61. The van der Waals surface area contributed by atoms with Crippen molar-refractivity contribution < 1.29 is 0 Å². The number of nitrogens with one attached hydrogen (secondary N) is 2. The van der Waals surface area contributed by atoms with Gasteiger partial charge in [-0.3, -0.25) is 4.98 Å². The van der Waals surface area contributed by atoms with Gasteiger partial charge >= 0.3 is 0 Å². The lowest BCUT2D eigenvalue weighted by Gasteiger charge is -2.09. The summed E-state index contributed by atoms with van der Waals surface area (Å²) in [5, 5.41) is 3.32. The van der Waals surface area contributed by atoms with Crippen LogP contribution in [0, 0.1) is 0 Å². The molecule has 0 fully saturated rings. The molecule has 0 aliphatic heterocycles. The van der Waals surface area contributed by atoms with E-state index in [0.717, 1.165) is 16.6 Å². The second-order valence-corrected chi connectivity index (χ2v) is 5.34. The zero-order chi connectivity index (χ0) is 16.4. The Labute approximate surface area is 138 Å². The fourth-order valence-electron chi connectivity index (χ4n) is 2.46. The Kier molecular flexibility index (Phi) is 3.51. The van der Waals surface area contributed by atoms with Crippen LogP contribution in [0.3, 0.4) is 0 Å². The summed E-state index contributed by atoms with van der Waals surface area (Å²) in [6, 6.07) is 11.4. The Bertz CT molecular complexity index is 979. The van der Waals surface area contributed by atoms with E-state index in [0.29, 0.717) is 29.5 Å². The summed E-state index contributed by atoms with van der Waals surface area (Å²) >= 11 is 0. The van der Waals surface area contributed by atoms with Crippen molar-refractivity contribution in [3.05, 3.63) is 60.7 Å². The van der Waals surface area contributed by atoms with E-state index in [4.69, 9.17) is 5.73 Å². The van der Waals surface area contributed by atoms with E-state index < -0.39 is 0 Å². The molecule has 7 heteroatoms. The van der Waals surface area contributed by atoms with Crippen LogP contribution in [0.4, 0.5) is 11.5 Å². The molecule has 118 valence electrons. The van der Waals surface area contributed by atoms with Crippen LogP contribution in [0.5, 0.6) is 0 Å². The fourth-order valence-corrected chi connectivity index (χ4v) is 2.46. The van der Waals surface area contributed by atoms with Gasteiger partial charge < -0.3 is 16.0 Å². The standard InChI is InChI=1S/C17H15N7/c18-13-5-1-4-12(7-13)15-23-16(14-17(24-15)22-10-21-14)20-9-11-3-2-6-19-8-11/h1-8,10H,9,18H2,(H2,20,21,22,23,24). The van der Waals surface area contributed by atoms with Gasteiger partial charge in [0.2, 0.25) is 0 Å². The van der Waals surface area contributed by atoms with E-state index in [2.05, 4.69) is 30.2 Å². The zero-order valence-corrected chi connectivity index (χ0v) is 12.8. The second-order valence-electron chi connectivity index (χ2n) is 5.34. The van der Waals surface area contributed by atoms with Crippen LogP contribution in [0.25, 0.3) is 22.6 Å². The average molecular weight is 317 g/mol. The summed E-state index contributed by atoms with van der Waals surface area (Å²) in [5.41, 5.74) is 9.82. The molecule has 3 heterocycles. The number of hydrogen-bond donors (Lipinski definition) is 3. The molecule has 0 radical (unpaired) electrons. The highest BCUT2D eigenvalue weighted by Gasteiger charge is 2.11. The maximum absolute atomic E-state index is 5.86. The maximum atomic E-state index is 5.86. The van der Waals surface area contributed by atoms with Crippen LogP contribution in [-0.2, 0) is 6.54 Å². The molecule has 1 aromatic carbocycles. The van der Waals surface area contributed by atoms with Crippen LogP contribution in [0.1, 0.15) is 5.56 Å². The van der Waals surface area contributed by atoms with Gasteiger partial charge in [-0.05, 0) is 23.8 Å². The molecule has 0 atom stereocenters. The number of benzene rings is 1. The van der Waals surface area contributed by atoms with Gasteiger partial charge in [0, 0.05) is 30.2 Å². The number of pyridine rings is 1. The molecule has 0 saturated heterocycles. The van der Waals surface area contributed by atoms with E-state index in [1.165, 1.54) is 0 Å². The Morgan fingerprint density at radius 2 is 2.08 bits per heavy atom. The van der Waals surface area contributed by atoms with E-state index >= 15 is 0 Å². The largest absolute Gasteiger partial charge is 0.399 e. The molecule has 0 unspecified atom stereocenters. The van der Waals surface area contributed by atoms with Crippen molar-refractivity contribution in [2.75, 3.05) is 11.1 Å². The molecule has 0 saturated carbocycles. The van der Waals surface area contributed by atoms with Crippen molar-refractivity contribution in [1.29, 1.82) is 0 Å². The quantitative estimate of drug-likeness (QED) is 0.500. The smallest absolute Gasteiger partial charge is 0.183 e. The van der Waals surface area contributed by atoms with Crippen molar-refractivity contribution in [2.45, 2.75) is 6.54 Å². The van der Waals surface area contributed by atoms with E-state index in [1.54, 1.807) is 12.5 Å². The highest BCUT2D eigenvalue weighted by Crippen LogP contribution is 2.24. The SMILES string of the molecule is Nc1cccc(-c2nc(NCc3cccnc3)c3[nH]cnc3n2)c1. The summed E-state index contributed by atoms with van der Waals surface area (Å²) in [7, 11) is 0. The minimum absolute atomic E-state index is 0.579. The molecular weight excluding hydrogens is 302 g/mol. The van der Waals surface area contributed by atoms with Gasteiger partial charge in [0.15, 0.2) is 17.3 Å². The number of rotatable bonds is 4. The lowest BCUT2D eigenvalue weighted by molar-refractivity contribution is 1.08. The number of nitrogens with two attached hydrogens (primary N) is 1. The molecule has 0 spiro atoms. The molecule has 4 N–H and O–H groups in total. The molecule has 0 aliphatic rings. The van der Waals surface area contributed by atoms with Gasteiger partial charge in [-0.1, -0.05) is 18.2 Å². The Balaban J connectivity index is 1.72. The first-order valence-electron chi connectivity index (χ1n) is 7.49. The molecule has 7 nitrogen and oxygen atoms in total. The lowest BCUT2D eigenvalue weighted by Crippen LogP contribution is -2.04. The third-order valence-electron chi connectivity index (χ3n) is 3.61. The molecule has 0 bridgehead atoms. The summed E-state index contributed by atoms with van der Waals surface area (Å²) in [4.78, 5) is 20.6. The number of nitrogen functional groups attached to an aromatic ring is 1. The van der Waals surface area contributed by atoms with Gasteiger partial charge in [-0.25, -0.2) is 15.0 Å². The predicted octanol–water partition coefficient (Wildman–Crippen LogP) is 2.61. The molecular formula is C17H15N7. The number of imidazole rings is 1. The van der Waals surface area contributed by atoms with Gasteiger partial charge in [-0.15, -0.1) is 0 Å². The third kappa shape index (κ3) is 2.74. The monoisotopic (exact) mass is 317 g/mol. The van der Waals surface area contributed by atoms with Gasteiger partial charge in [0.1, 0.15) is 5.52 Å². The lowest BCUT2D eigenvalue weighted by atomic mass is 10.2. The van der Waals surface area contributed by atoms with Crippen LogP contribution in [-0.4, -0.2) is 24.9 Å². The van der Waals surface area contributed by atoms with Crippen LogP contribution < -0.4 is 11.1 Å². The van der Waals surface area contributed by atoms with Crippen molar-refractivity contribution >= 4 is 22.7 Å². The first-order chi connectivity index (χ1) is 11.8. The number of nitrogens with zero attached hydrogens (tertiary/aromatic N) is 4. The van der Waals surface area contributed by atoms with Crippen LogP contribution >= 0.6 is 0 Å². The first kappa shape index (κ1) is 14.1.